The Morgan fingerprint density at radius 1 is 0.746 bits per heavy atom. The molecule has 7 atom stereocenters. The molecular weight excluding hydrogens is 789 g/mol. The Labute approximate surface area is 345 Å². The second kappa shape index (κ2) is 23.8. The summed E-state index contributed by atoms with van der Waals surface area (Å²) in [6.07, 6.45) is 5.37. The number of carbonyl (C=O) groups is 8. The van der Waals surface area contributed by atoms with E-state index < -0.39 is 96.0 Å². The number of rotatable bonds is 25. The van der Waals surface area contributed by atoms with Gasteiger partial charge in [0.25, 0.3) is 0 Å². The molecule has 0 radical (unpaired) electrons. The van der Waals surface area contributed by atoms with Gasteiger partial charge in [-0.1, -0.05) is 50.6 Å². The van der Waals surface area contributed by atoms with Gasteiger partial charge in [0.2, 0.25) is 41.4 Å². The van der Waals surface area contributed by atoms with E-state index in [1.807, 2.05) is 0 Å². The van der Waals surface area contributed by atoms with Crippen LogP contribution < -0.4 is 43.4 Å². The number of imidazole rings is 2. The van der Waals surface area contributed by atoms with E-state index in [-0.39, 0.29) is 37.9 Å². The van der Waals surface area contributed by atoms with Crippen LogP contribution in [0.5, 0.6) is 0 Å². The van der Waals surface area contributed by atoms with Crippen molar-refractivity contribution < 1.29 is 43.5 Å². The van der Waals surface area contributed by atoms with Crippen molar-refractivity contribution in [1.82, 2.24) is 51.8 Å². The van der Waals surface area contributed by atoms with Crippen molar-refractivity contribution in [2.75, 3.05) is 12.3 Å². The van der Waals surface area contributed by atoms with Crippen LogP contribution in [-0.2, 0) is 57.6 Å². The monoisotopic (exact) mass is 840 g/mol. The number of hydrogen-bond acceptors (Lipinski definition) is 12. The Balaban J connectivity index is 1.73. The summed E-state index contributed by atoms with van der Waals surface area (Å²) in [6.45, 7) is 2.93. The minimum absolute atomic E-state index is 0.0175. The predicted octanol–water partition coefficient (Wildman–Crippen LogP) is -2.65. The van der Waals surface area contributed by atoms with Gasteiger partial charge in [0.15, 0.2) is 0 Å². The van der Waals surface area contributed by atoms with E-state index in [1.54, 1.807) is 44.2 Å². The highest BCUT2D eigenvalue weighted by atomic mass is 32.1. The molecule has 0 aliphatic carbocycles. The Morgan fingerprint density at radius 2 is 1.32 bits per heavy atom. The minimum atomic E-state index is -1.46. The third-order valence-electron chi connectivity index (χ3n) is 9.20. The summed E-state index contributed by atoms with van der Waals surface area (Å²) in [4.78, 5) is 117. The van der Waals surface area contributed by atoms with Gasteiger partial charge in [-0.2, -0.15) is 12.6 Å². The molecule has 3 rings (SSSR count). The van der Waals surface area contributed by atoms with Crippen LogP contribution >= 0.6 is 12.6 Å². The van der Waals surface area contributed by atoms with Gasteiger partial charge in [-0.25, -0.2) is 14.8 Å². The fourth-order valence-electron chi connectivity index (χ4n) is 5.66. The lowest BCUT2D eigenvalue weighted by atomic mass is 9.96. The number of hydrogen-bond donors (Lipinski definition) is 12. The van der Waals surface area contributed by atoms with Crippen molar-refractivity contribution in [3.63, 3.8) is 0 Å². The highest BCUT2D eigenvalue weighted by Crippen LogP contribution is 2.12. The number of carbonyl (C=O) groups excluding carboxylic acids is 7. The van der Waals surface area contributed by atoms with Crippen LogP contribution in [0.15, 0.2) is 55.4 Å². The van der Waals surface area contributed by atoms with Crippen molar-refractivity contribution in [3.8, 4) is 0 Å². The van der Waals surface area contributed by atoms with Gasteiger partial charge in [-0.3, -0.25) is 33.6 Å². The average Bonchev–Trinajstić information content (AvgIpc) is 3.93. The molecule has 2 heterocycles. The first kappa shape index (κ1) is 47.1. The number of thiol groups is 1. The van der Waals surface area contributed by atoms with E-state index >= 15 is 0 Å². The van der Waals surface area contributed by atoms with Crippen LogP contribution in [0, 0.1) is 5.92 Å². The first-order valence-electron chi connectivity index (χ1n) is 18.8. The maximum absolute atomic E-state index is 14.0. The van der Waals surface area contributed by atoms with Crippen LogP contribution in [0.4, 0.5) is 0 Å². The summed E-state index contributed by atoms with van der Waals surface area (Å²) in [5.74, 6) is -7.60. The molecule has 21 nitrogen and oxygen atoms in total. The van der Waals surface area contributed by atoms with Crippen LogP contribution in [0.1, 0.15) is 50.1 Å². The fourth-order valence-corrected chi connectivity index (χ4v) is 5.91. The maximum atomic E-state index is 14.0. The lowest BCUT2D eigenvalue weighted by Gasteiger charge is -2.28. The van der Waals surface area contributed by atoms with Gasteiger partial charge < -0.3 is 58.4 Å². The maximum Gasteiger partial charge on any atom is 0.326 e. The van der Waals surface area contributed by atoms with Gasteiger partial charge in [0.1, 0.15) is 30.2 Å². The van der Waals surface area contributed by atoms with Crippen LogP contribution in [-0.4, -0.2) is 121 Å². The van der Waals surface area contributed by atoms with E-state index in [0.717, 1.165) is 0 Å². The smallest absolute Gasteiger partial charge is 0.326 e. The Hall–Kier alpha value is -6.29. The number of carboxylic acids is 1. The topological polar surface area (TPSA) is 338 Å². The molecule has 0 aliphatic heterocycles. The van der Waals surface area contributed by atoms with E-state index in [4.69, 9.17) is 11.5 Å². The molecule has 59 heavy (non-hydrogen) atoms. The number of amides is 7. The molecule has 0 unspecified atom stereocenters. The van der Waals surface area contributed by atoms with Gasteiger partial charge in [0, 0.05) is 55.2 Å². The standard InChI is InChI=1S/C37H52N12O9S/c1-3-20(2)31(36(56)48-27(37(57)58)11-21-7-5-4-6-8-21)49-34(54)26(13-23-15-41-19-44-23)47-33(53)25(9-10-29(39)50)46-35(55)28(17-59)45-30(51)16-42-32(52)24(38)12-22-14-40-18-43-22/h4-8,14-15,18-20,24-28,31,59H,3,9-13,16-17,38H2,1-2H3,(H2,39,50)(H,40,43)(H,41,44)(H,42,52)(H,45,51)(H,46,55)(H,47,53)(H,48,56)(H,49,54)(H,57,58)/t20-,24-,25-,26-,27-,28-,31-/m0/s1. The minimum Gasteiger partial charge on any atom is -0.480 e. The fraction of sp³-hybridized carbons (Fsp3) is 0.459. The summed E-state index contributed by atoms with van der Waals surface area (Å²) < 4.78 is 0. The number of nitrogens with one attached hydrogen (secondary N) is 8. The van der Waals surface area contributed by atoms with E-state index in [1.165, 1.54) is 25.0 Å². The van der Waals surface area contributed by atoms with Crippen LogP contribution in [0.2, 0.25) is 0 Å². The lowest BCUT2D eigenvalue weighted by Crippen LogP contribution is -2.60. The number of benzene rings is 1. The van der Waals surface area contributed by atoms with E-state index in [2.05, 4.69) is 64.5 Å². The lowest BCUT2D eigenvalue weighted by molar-refractivity contribution is -0.142. The van der Waals surface area contributed by atoms with E-state index in [0.29, 0.717) is 23.4 Å². The molecule has 0 aliphatic rings. The number of H-pyrrole nitrogens is 2. The number of carboxylic acid groups (broad SMARTS) is 1. The second-order valence-electron chi connectivity index (χ2n) is 13.8. The third-order valence-corrected chi connectivity index (χ3v) is 9.57. The molecule has 0 spiro atoms. The number of aliphatic carboxylic acids is 1. The summed E-state index contributed by atoms with van der Waals surface area (Å²) in [6, 6.07) is 0.970. The molecule has 320 valence electrons. The number of nitrogens with zero attached hydrogens (tertiary/aromatic N) is 2. The zero-order chi connectivity index (χ0) is 43.5. The summed E-state index contributed by atoms with van der Waals surface area (Å²) in [7, 11) is 0. The van der Waals surface area contributed by atoms with Crippen molar-refractivity contribution in [1.29, 1.82) is 0 Å². The third kappa shape index (κ3) is 15.9. The van der Waals surface area contributed by atoms with Gasteiger partial charge >= 0.3 is 5.97 Å². The molecule has 7 amide bonds. The molecule has 0 bridgehead atoms. The second-order valence-corrected chi connectivity index (χ2v) is 14.1. The Morgan fingerprint density at radius 3 is 1.88 bits per heavy atom. The van der Waals surface area contributed by atoms with Crippen molar-refractivity contribution in [2.45, 2.75) is 88.6 Å². The Bertz CT molecular complexity index is 1860. The van der Waals surface area contributed by atoms with Gasteiger partial charge in [-0.05, 0) is 17.9 Å². The molecule has 13 N–H and O–H groups in total. The highest BCUT2D eigenvalue weighted by molar-refractivity contribution is 7.80. The molecule has 22 heteroatoms. The first-order chi connectivity index (χ1) is 28.1. The summed E-state index contributed by atoms with van der Waals surface area (Å²) in [5.41, 5.74) is 12.9. The summed E-state index contributed by atoms with van der Waals surface area (Å²) >= 11 is 4.15. The van der Waals surface area contributed by atoms with Gasteiger partial charge in [0.05, 0.1) is 25.2 Å². The van der Waals surface area contributed by atoms with Crippen LogP contribution in [0.3, 0.4) is 0 Å². The average molecular weight is 841 g/mol. The van der Waals surface area contributed by atoms with Crippen molar-refractivity contribution in [3.05, 3.63) is 72.3 Å². The molecule has 0 fully saturated rings. The molecular formula is C37H52N12O9S. The van der Waals surface area contributed by atoms with Crippen LogP contribution in [0.25, 0.3) is 0 Å². The van der Waals surface area contributed by atoms with Crippen molar-refractivity contribution in [2.24, 2.45) is 17.4 Å². The largest absolute Gasteiger partial charge is 0.480 e. The molecule has 3 aromatic rings. The van der Waals surface area contributed by atoms with Crippen molar-refractivity contribution >= 4 is 59.9 Å². The highest BCUT2D eigenvalue weighted by Gasteiger charge is 2.34. The normalized spacial score (nSPS) is 14.5. The molecule has 2 aromatic heterocycles. The predicted molar refractivity (Wildman–Crippen MR) is 215 cm³/mol. The zero-order valence-corrected chi connectivity index (χ0v) is 33.5. The number of nitrogens with two attached hydrogens (primary N) is 2. The molecule has 0 saturated carbocycles. The van der Waals surface area contributed by atoms with Gasteiger partial charge in [-0.15, -0.1) is 0 Å². The Kier molecular flexibility index (Phi) is 19.0. The first-order valence-corrected chi connectivity index (χ1v) is 19.4. The quantitative estimate of drug-likeness (QED) is 0.0390. The molecule has 0 saturated heterocycles. The number of primary amides is 1. The van der Waals surface area contributed by atoms with E-state index in [9.17, 15) is 43.5 Å². The SMILES string of the molecule is CC[C@H](C)[C@H](NC(=O)[C@H](Cc1cnc[nH]1)NC(=O)[C@H](CCC(N)=O)NC(=O)[C@H](CS)NC(=O)CNC(=O)[C@@H](N)Cc1cnc[nH]1)C(=O)N[C@@H](Cc1ccccc1)C(=O)O. The summed E-state index contributed by atoms with van der Waals surface area (Å²) in [5, 5.41) is 24.9. The number of aromatic amines is 2. The number of aromatic nitrogens is 4. The molecule has 1 aromatic carbocycles. The zero-order valence-electron chi connectivity index (χ0n) is 32.6.